The highest BCUT2D eigenvalue weighted by molar-refractivity contribution is 7.16. The molecule has 0 amide bonds. The summed E-state index contributed by atoms with van der Waals surface area (Å²) >= 11 is 9.02. The maximum absolute atomic E-state index is 11.1. The first-order valence-electron chi connectivity index (χ1n) is 6.11. The molecule has 2 rings (SSSR count). The Labute approximate surface area is 130 Å². The maximum atomic E-state index is 11.1. The molecule has 2 aromatic rings. The fraction of sp³-hybridized carbons (Fsp3) is 0.385. The molecule has 1 unspecified atom stereocenters. The van der Waals surface area contributed by atoms with Gasteiger partial charge in [-0.25, -0.2) is 4.98 Å². The van der Waals surface area contributed by atoms with Crippen LogP contribution in [-0.4, -0.2) is 18.1 Å². The molecule has 0 aromatic carbocycles. The van der Waals surface area contributed by atoms with Gasteiger partial charge >= 0.3 is 5.97 Å². The van der Waals surface area contributed by atoms with Crippen molar-refractivity contribution >= 4 is 45.4 Å². The Morgan fingerprint density at radius 1 is 1.55 bits per heavy atom. The molecule has 20 heavy (non-hydrogen) atoms. The summed E-state index contributed by atoms with van der Waals surface area (Å²) in [5, 5.41) is 6.14. The Hall–Kier alpha value is -1.11. The summed E-state index contributed by atoms with van der Waals surface area (Å²) in [6.45, 7) is 2.07. The lowest BCUT2D eigenvalue weighted by atomic mass is 10.2. The van der Waals surface area contributed by atoms with Crippen LogP contribution >= 0.6 is 34.3 Å². The lowest BCUT2D eigenvalue weighted by Gasteiger charge is -2.10. The van der Waals surface area contributed by atoms with E-state index in [1.165, 1.54) is 23.3 Å². The molecule has 2 aromatic heterocycles. The summed E-state index contributed by atoms with van der Waals surface area (Å²) in [7, 11) is 1.39. The van der Waals surface area contributed by atoms with E-state index in [0.717, 1.165) is 15.2 Å². The second-order valence-electron chi connectivity index (χ2n) is 4.23. The average molecular weight is 331 g/mol. The van der Waals surface area contributed by atoms with Crippen LogP contribution in [0.1, 0.15) is 30.0 Å². The number of esters is 1. The molecule has 0 aliphatic carbocycles. The summed E-state index contributed by atoms with van der Waals surface area (Å²) in [6.07, 6.45) is 0.958. The number of hydrogen-bond acceptors (Lipinski definition) is 6. The molecule has 4 nitrogen and oxygen atoms in total. The smallest absolute Gasteiger partial charge is 0.305 e. The number of aryl methyl sites for hydroxylation is 1. The minimum atomic E-state index is -0.214. The fourth-order valence-electron chi connectivity index (χ4n) is 1.64. The number of hydrogen-bond donors (Lipinski definition) is 1. The highest BCUT2D eigenvalue weighted by Crippen LogP contribution is 2.29. The third kappa shape index (κ3) is 4.19. The topological polar surface area (TPSA) is 51.2 Å². The molecule has 0 saturated carbocycles. The molecular weight excluding hydrogens is 316 g/mol. The number of anilines is 1. The molecule has 0 spiro atoms. The van der Waals surface area contributed by atoms with Gasteiger partial charge in [0.25, 0.3) is 0 Å². The number of nitrogens with zero attached hydrogens (tertiary/aromatic N) is 1. The monoisotopic (exact) mass is 330 g/mol. The minimum absolute atomic E-state index is 0.159. The van der Waals surface area contributed by atoms with Crippen molar-refractivity contribution in [3.05, 3.63) is 32.4 Å². The van der Waals surface area contributed by atoms with Gasteiger partial charge in [0.05, 0.1) is 29.6 Å². The fourth-order valence-corrected chi connectivity index (χ4v) is 3.53. The Morgan fingerprint density at radius 3 is 3.00 bits per heavy atom. The zero-order valence-electron chi connectivity index (χ0n) is 11.2. The van der Waals surface area contributed by atoms with Crippen molar-refractivity contribution in [3.8, 4) is 0 Å². The lowest BCUT2D eigenvalue weighted by molar-refractivity contribution is -0.140. The third-order valence-corrected chi connectivity index (χ3v) is 4.96. The number of thiazole rings is 1. The van der Waals surface area contributed by atoms with Crippen molar-refractivity contribution < 1.29 is 9.53 Å². The zero-order valence-corrected chi connectivity index (χ0v) is 13.6. The predicted octanol–water partition coefficient (Wildman–Crippen LogP) is 4.14. The highest BCUT2D eigenvalue weighted by Gasteiger charge is 2.11. The summed E-state index contributed by atoms with van der Waals surface area (Å²) in [5.41, 5.74) is 0.902. The van der Waals surface area contributed by atoms with Crippen molar-refractivity contribution in [1.82, 2.24) is 4.98 Å². The lowest BCUT2D eigenvalue weighted by Crippen LogP contribution is -2.05. The van der Waals surface area contributed by atoms with Crippen LogP contribution in [0.15, 0.2) is 17.5 Å². The van der Waals surface area contributed by atoms with Crippen LogP contribution in [-0.2, 0) is 16.0 Å². The third-order valence-electron chi connectivity index (χ3n) is 2.73. The largest absolute Gasteiger partial charge is 0.469 e. The molecule has 2 heterocycles. The molecular formula is C13H15ClN2O2S2. The molecule has 0 bridgehead atoms. The van der Waals surface area contributed by atoms with Gasteiger partial charge in [-0.1, -0.05) is 11.6 Å². The van der Waals surface area contributed by atoms with Crippen molar-refractivity contribution in [1.29, 1.82) is 0 Å². The zero-order chi connectivity index (χ0) is 14.5. The Balaban J connectivity index is 1.90. The van der Waals surface area contributed by atoms with Crippen molar-refractivity contribution in [2.75, 3.05) is 12.4 Å². The maximum Gasteiger partial charge on any atom is 0.305 e. The van der Waals surface area contributed by atoms with Gasteiger partial charge in [-0.3, -0.25) is 4.79 Å². The molecule has 0 radical (unpaired) electrons. The number of aromatic nitrogens is 1. The van der Waals surface area contributed by atoms with E-state index in [9.17, 15) is 4.79 Å². The van der Waals surface area contributed by atoms with Crippen molar-refractivity contribution in [2.24, 2.45) is 0 Å². The quantitative estimate of drug-likeness (QED) is 0.809. The van der Waals surface area contributed by atoms with Gasteiger partial charge in [0.1, 0.15) is 0 Å². The van der Waals surface area contributed by atoms with E-state index < -0.39 is 0 Å². The standard InChI is InChI=1S/C13H15ClN2O2S2/c1-8(10-4-5-11(14)20-10)15-13-16-9(7-19-13)3-6-12(17)18-2/h4-5,7-8H,3,6H2,1-2H3,(H,15,16). The van der Waals surface area contributed by atoms with Crippen LogP contribution < -0.4 is 5.32 Å². The second-order valence-corrected chi connectivity index (χ2v) is 6.83. The first-order valence-corrected chi connectivity index (χ1v) is 8.19. The number of thiophene rings is 1. The van der Waals surface area contributed by atoms with E-state index in [1.807, 2.05) is 17.5 Å². The van der Waals surface area contributed by atoms with E-state index in [2.05, 4.69) is 22.0 Å². The van der Waals surface area contributed by atoms with Crippen LogP contribution in [0.25, 0.3) is 0 Å². The van der Waals surface area contributed by atoms with Gasteiger partial charge in [-0.05, 0) is 19.1 Å². The first kappa shape index (κ1) is 15.3. The van der Waals surface area contributed by atoms with Gasteiger partial charge in [0.15, 0.2) is 5.13 Å². The molecule has 1 N–H and O–H groups in total. The normalized spacial score (nSPS) is 12.2. The van der Waals surface area contributed by atoms with Gasteiger partial charge in [-0.15, -0.1) is 22.7 Å². The molecule has 0 fully saturated rings. The number of nitrogens with one attached hydrogen (secondary N) is 1. The molecule has 108 valence electrons. The average Bonchev–Trinajstić information content (AvgIpc) is 3.05. The van der Waals surface area contributed by atoms with E-state index in [4.69, 9.17) is 11.6 Å². The molecule has 7 heteroatoms. The molecule has 0 aliphatic heterocycles. The van der Waals surface area contributed by atoms with E-state index in [0.29, 0.717) is 12.8 Å². The summed E-state index contributed by atoms with van der Waals surface area (Å²) in [5.74, 6) is -0.214. The van der Waals surface area contributed by atoms with Gasteiger partial charge in [0.2, 0.25) is 0 Å². The van der Waals surface area contributed by atoms with Crippen LogP contribution in [0.4, 0.5) is 5.13 Å². The summed E-state index contributed by atoms with van der Waals surface area (Å²) in [6, 6.07) is 4.06. The number of ether oxygens (including phenoxy) is 1. The predicted molar refractivity (Wildman–Crippen MR) is 83.8 cm³/mol. The number of carbonyl (C=O) groups excluding carboxylic acids is 1. The second kappa shape index (κ2) is 7.06. The van der Waals surface area contributed by atoms with E-state index >= 15 is 0 Å². The number of methoxy groups -OCH3 is 1. The summed E-state index contributed by atoms with van der Waals surface area (Å²) < 4.78 is 5.40. The van der Waals surface area contributed by atoms with E-state index in [-0.39, 0.29) is 12.0 Å². The van der Waals surface area contributed by atoms with Gasteiger partial charge in [-0.2, -0.15) is 0 Å². The first-order chi connectivity index (χ1) is 9.58. The number of rotatable bonds is 6. The Morgan fingerprint density at radius 2 is 2.35 bits per heavy atom. The van der Waals surface area contributed by atoms with Gasteiger partial charge in [0, 0.05) is 16.7 Å². The minimum Gasteiger partial charge on any atom is -0.469 e. The Bertz CT molecular complexity index is 582. The van der Waals surface area contributed by atoms with Crippen molar-refractivity contribution in [3.63, 3.8) is 0 Å². The van der Waals surface area contributed by atoms with Crippen LogP contribution in [0.5, 0.6) is 0 Å². The van der Waals surface area contributed by atoms with Gasteiger partial charge < -0.3 is 10.1 Å². The number of carbonyl (C=O) groups is 1. The molecule has 0 aliphatic rings. The summed E-state index contributed by atoms with van der Waals surface area (Å²) in [4.78, 5) is 16.7. The Kier molecular flexibility index (Phi) is 5.39. The SMILES string of the molecule is COC(=O)CCc1csc(NC(C)c2ccc(Cl)s2)n1. The highest BCUT2D eigenvalue weighted by atomic mass is 35.5. The van der Waals surface area contributed by atoms with Crippen LogP contribution in [0, 0.1) is 0 Å². The van der Waals surface area contributed by atoms with Crippen LogP contribution in [0.3, 0.4) is 0 Å². The molecule has 1 atom stereocenters. The van der Waals surface area contributed by atoms with Crippen molar-refractivity contribution in [2.45, 2.75) is 25.8 Å². The van der Waals surface area contributed by atoms with E-state index in [1.54, 1.807) is 11.3 Å². The number of halogens is 1. The molecule has 0 saturated heterocycles. The van der Waals surface area contributed by atoms with Crippen LogP contribution in [0.2, 0.25) is 4.34 Å².